The van der Waals surface area contributed by atoms with Gasteiger partial charge in [-0.25, -0.2) is 8.42 Å². The first-order valence-electron chi connectivity index (χ1n) is 12.6. The van der Waals surface area contributed by atoms with E-state index in [-0.39, 0.29) is 37.9 Å². The Bertz CT molecular complexity index is 1960. The molecule has 228 valence electrons. The molecule has 1 unspecified atom stereocenters. The average Bonchev–Trinajstić information content (AvgIpc) is 2.97. The van der Waals surface area contributed by atoms with E-state index in [0.29, 0.717) is 0 Å². The molecule has 0 aliphatic heterocycles. The molecule has 0 radical (unpaired) electrons. The van der Waals surface area contributed by atoms with E-state index >= 15 is 0 Å². The first-order valence-corrected chi connectivity index (χ1v) is 15.6. The van der Waals surface area contributed by atoms with E-state index in [1.165, 1.54) is 48.5 Å². The van der Waals surface area contributed by atoms with Gasteiger partial charge >= 0.3 is 12.4 Å². The molecule has 0 amide bonds. The maximum atomic E-state index is 13.4. The second-order valence-corrected chi connectivity index (χ2v) is 12.9. The normalized spacial score (nSPS) is 17.0. The fourth-order valence-corrected chi connectivity index (χ4v) is 6.80. The lowest BCUT2D eigenvalue weighted by Gasteiger charge is -2.36. The predicted molar refractivity (Wildman–Crippen MR) is 150 cm³/mol. The van der Waals surface area contributed by atoms with Crippen molar-refractivity contribution in [2.75, 3.05) is 0 Å². The van der Waals surface area contributed by atoms with Crippen molar-refractivity contribution in [3.05, 3.63) is 137 Å². The molecule has 0 heterocycles. The third kappa shape index (κ3) is 6.26. The highest BCUT2D eigenvalue weighted by Crippen LogP contribution is 2.46. The predicted octanol–water partition coefficient (Wildman–Crippen LogP) is 7.04. The smallest absolute Gasteiger partial charge is 0.282 e. The molecule has 4 aromatic rings. The lowest BCUT2D eigenvalue weighted by atomic mass is 9.73. The molecule has 6 nitrogen and oxygen atoms in total. The third-order valence-electron chi connectivity index (χ3n) is 6.72. The van der Waals surface area contributed by atoms with Crippen LogP contribution < -0.4 is 4.72 Å². The van der Waals surface area contributed by atoms with Crippen LogP contribution in [0.2, 0.25) is 0 Å². The molecule has 0 spiro atoms. The number of nitrogens with zero attached hydrogens (tertiary/aromatic N) is 1. The number of alkyl halides is 6. The van der Waals surface area contributed by atoms with Gasteiger partial charge in [0.1, 0.15) is 0 Å². The summed E-state index contributed by atoms with van der Waals surface area (Å²) in [7, 11) is -8.82. The van der Waals surface area contributed by atoms with Crippen molar-refractivity contribution >= 4 is 31.3 Å². The zero-order valence-electron chi connectivity index (χ0n) is 22.1. The molecule has 14 heteroatoms. The molecule has 0 saturated heterocycles. The summed E-state index contributed by atoms with van der Waals surface area (Å²) in [4.78, 5) is -0.420. The highest BCUT2D eigenvalue weighted by molar-refractivity contribution is 7.90. The number of halogens is 6. The maximum Gasteiger partial charge on any atom is 0.416 e. The molecule has 1 aliphatic carbocycles. The Morgan fingerprint density at radius 3 is 1.52 bits per heavy atom. The monoisotopic (exact) mass is 650 g/mol. The van der Waals surface area contributed by atoms with Crippen molar-refractivity contribution in [2.24, 2.45) is 4.40 Å². The molecule has 0 fully saturated rings. The molecule has 0 aromatic heterocycles. The summed E-state index contributed by atoms with van der Waals surface area (Å²) in [6, 6.07) is 21.1. The molecule has 5 rings (SSSR count). The zero-order chi connectivity index (χ0) is 31.9. The Morgan fingerprint density at radius 2 is 1.05 bits per heavy atom. The summed E-state index contributed by atoms with van der Waals surface area (Å²) in [6.07, 6.45) is -9.38. The number of rotatable bonds is 7. The molecule has 0 saturated carbocycles. The number of allylic oxidation sites excluding steroid dienone is 2. The van der Waals surface area contributed by atoms with Gasteiger partial charge < -0.3 is 0 Å². The summed E-state index contributed by atoms with van der Waals surface area (Å²) in [5.74, 6) is -1.31. The fourth-order valence-electron chi connectivity index (χ4n) is 4.59. The van der Waals surface area contributed by atoms with Gasteiger partial charge in [0, 0.05) is 11.3 Å². The lowest BCUT2D eigenvalue weighted by molar-refractivity contribution is -0.138. The van der Waals surface area contributed by atoms with Crippen molar-refractivity contribution in [2.45, 2.75) is 28.1 Å². The molecular weight excluding hydrogens is 630 g/mol. The van der Waals surface area contributed by atoms with Crippen molar-refractivity contribution in [1.29, 1.82) is 0 Å². The van der Waals surface area contributed by atoms with E-state index in [1.54, 1.807) is 12.1 Å². The fraction of sp³-hybridized carbons (Fsp3) is 0.100. The van der Waals surface area contributed by atoms with Gasteiger partial charge in [-0.3, -0.25) is 4.72 Å². The maximum absolute atomic E-state index is 13.4. The van der Waals surface area contributed by atoms with Gasteiger partial charge in [0.15, 0.2) is 0 Å². The van der Waals surface area contributed by atoms with Crippen molar-refractivity contribution in [1.82, 2.24) is 4.72 Å². The van der Waals surface area contributed by atoms with Gasteiger partial charge in [-0.2, -0.15) is 39.2 Å². The highest BCUT2D eigenvalue weighted by Gasteiger charge is 2.43. The number of hydrogen-bond donors (Lipinski definition) is 1. The van der Waals surface area contributed by atoms with Crippen LogP contribution in [0, 0.1) is 0 Å². The lowest BCUT2D eigenvalue weighted by Crippen LogP contribution is -2.39. The van der Waals surface area contributed by atoms with Gasteiger partial charge in [0.25, 0.3) is 20.0 Å². The topological polar surface area (TPSA) is 92.7 Å². The number of nitrogens with one attached hydrogen (secondary N) is 1. The molecule has 1 N–H and O–H groups in total. The number of hydrogen-bond acceptors (Lipinski definition) is 4. The number of sulfonamides is 2. The summed E-state index contributed by atoms with van der Waals surface area (Å²) >= 11 is 0. The van der Waals surface area contributed by atoms with Gasteiger partial charge in [-0.05, 0) is 59.7 Å². The van der Waals surface area contributed by atoms with Crippen LogP contribution in [-0.2, 0) is 32.4 Å². The Morgan fingerprint density at radius 1 is 0.591 bits per heavy atom. The number of benzene rings is 4. The zero-order valence-corrected chi connectivity index (χ0v) is 23.8. The quantitative estimate of drug-likeness (QED) is 0.217. The average molecular weight is 651 g/mol. The SMILES string of the molecule is O=S(=O)(/N=C1/C(c2ccc(C(F)(F)F)cc2)=C(NS(=O)(=O)c2ccccc2)C1c1ccc(C(F)(F)F)cc1)c1ccccc1. The molecule has 1 atom stereocenters. The Labute approximate surface area is 248 Å². The highest BCUT2D eigenvalue weighted by atomic mass is 32.2. The molecule has 1 aliphatic rings. The van der Waals surface area contributed by atoms with Crippen LogP contribution in [0.5, 0.6) is 0 Å². The minimum Gasteiger partial charge on any atom is -0.282 e. The van der Waals surface area contributed by atoms with E-state index < -0.39 is 49.4 Å². The van der Waals surface area contributed by atoms with Crippen LogP contribution in [0.25, 0.3) is 5.57 Å². The van der Waals surface area contributed by atoms with E-state index in [0.717, 1.165) is 48.5 Å². The second kappa shape index (κ2) is 11.2. The minimum atomic E-state index is -4.69. The van der Waals surface area contributed by atoms with E-state index in [4.69, 9.17) is 0 Å². The van der Waals surface area contributed by atoms with Gasteiger partial charge in [0.2, 0.25) is 0 Å². The molecule has 44 heavy (non-hydrogen) atoms. The summed E-state index contributed by atoms with van der Waals surface area (Å²) in [6.45, 7) is 0. The van der Waals surface area contributed by atoms with Crippen LogP contribution in [0.3, 0.4) is 0 Å². The summed E-state index contributed by atoms with van der Waals surface area (Å²) < 4.78 is 140. The van der Waals surface area contributed by atoms with Gasteiger partial charge in [-0.15, -0.1) is 0 Å². The molecule has 0 bridgehead atoms. The molecule has 4 aromatic carbocycles. The van der Waals surface area contributed by atoms with E-state index in [2.05, 4.69) is 9.12 Å². The van der Waals surface area contributed by atoms with Gasteiger partial charge in [-0.1, -0.05) is 60.7 Å². The Balaban J connectivity index is 1.75. The molecular formula is C30H20F6N2O4S2. The summed E-state index contributed by atoms with van der Waals surface area (Å²) in [5.41, 5.74) is -2.57. The van der Waals surface area contributed by atoms with Crippen molar-refractivity contribution < 1.29 is 43.2 Å². The second-order valence-electron chi connectivity index (χ2n) is 9.60. The van der Waals surface area contributed by atoms with Crippen LogP contribution in [0.1, 0.15) is 28.2 Å². The van der Waals surface area contributed by atoms with Crippen LogP contribution in [0.4, 0.5) is 26.3 Å². The summed E-state index contributed by atoms with van der Waals surface area (Å²) in [5, 5.41) is 0. The third-order valence-corrected chi connectivity index (χ3v) is 9.40. The van der Waals surface area contributed by atoms with Crippen LogP contribution in [-0.4, -0.2) is 22.5 Å². The van der Waals surface area contributed by atoms with Crippen molar-refractivity contribution in [3.8, 4) is 0 Å². The first-order chi connectivity index (χ1) is 20.6. The standard InChI is InChI=1S/C30H20F6N2O4S2/c31-29(32,33)21-15-11-19(12-16-21)25-27(37-43(39,40)23-7-3-1-4-8-23)26(20-13-17-22(18-14-20)30(34,35)36)28(25)38-44(41,42)24-9-5-2-6-10-24/h1-18,25,37H/b38-28+. The Hall–Kier alpha value is -4.43. The largest absolute Gasteiger partial charge is 0.416 e. The van der Waals surface area contributed by atoms with Crippen molar-refractivity contribution in [3.63, 3.8) is 0 Å². The first kappa shape index (κ1) is 31.0. The van der Waals surface area contributed by atoms with Crippen LogP contribution in [0.15, 0.2) is 129 Å². The van der Waals surface area contributed by atoms with E-state index in [1.807, 2.05) is 0 Å². The van der Waals surface area contributed by atoms with E-state index in [9.17, 15) is 43.2 Å². The van der Waals surface area contributed by atoms with Crippen LogP contribution >= 0.6 is 0 Å². The van der Waals surface area contributed by atoms with Gasteiger partial charge in [0.05, 0.1) is 32.5 Å². The minimum absolute atomic E-state index is 0.00562. The Kier molecular flexibility index (Phi) is 7.93.